The van der Waals surface area contributed by atoms with Crippen LogP contribution >= 0.6 is 0 Å². The van der Waals surface area contributed by atoms with E-state index < -0.39 is 18.0 Å². The summed E-state index contributed by atoms with van der Waals surface area (Å²) in [7, 11) is 0. The Morgan fingerprint density at radius 1 is 1.47 bits per heavy atom. The van der Waals surface area contributed by atoms with Crippen molar-refractivity contribution in [2.45, 2.75) is 39.3 Å². The lowest BCUT2D eigenvalue weighted by Crippen LogP contribution is -2.42. The van der Waals surface area contributed by atoms with E-state index in [0.717, 1.165) is 6.42 Å². The highest BCUT2D eigenvalue weighted by Crippen LogP contribution is 2.12. The molecule has 0 radical (unpaired) electrons. The third-order valence-corrected chi connectivity index (χ3v) is 2.70. The number of carbonyl (C=O) groups excluding carboxylic acids is 2. The molecular weight excluding hydrogens is 248 g/mol. The van der Waals surface area contributed by atoms with Gasteiger partial charge < -0.3 is 11.1 Å². The van der Waals surface area contributed by atoms with Crippen LogP contribution in [0.5, 0.6) is 0 Å². The second-order valence-electron chi connectivity index (χ2n) is 4.16. The van der Waals surface area contributed by atoms with E-state index in [1.165, 1.54) is 4.68 Å². The Kier molecular flexibility index (Phi) is 5.43. The molecule has 0 aliphatic heterocycles. The Labute approximate surface area is 111 Å². The summed E-state index contributed by atoms with van der Waals surface area (Å²) in [6, 6.07) is -1.36. The van der Waals surface area contributed by atoms with Crippen LogP contribution in [0.4, 0.5) is 4.79 Å². The summed E-state index contributed by atoms with van der Waals surface area (Å²) in [5.74, 6) is -0.451. The van der Waals surface area contributed by atoms with Crippen molar-refractivity contribution in [1.82, 2.24) is 25.6 Å². The average Bonchev–Trinajstić information content (AvgIpc) is 2.86. The summed E-state index contributed by atoms with van der Waals surface area (Å²) < 4.78 is 1.39. The number of nitrogens with two attached hydrogens (primary N) is 1. The first-order valence-electron chi connectivity index (χ1n) is 6.25. The number of hydrogen-bond acceptors (Lipinski definition) is 5. The van der Waals surface area contributed by atoms with Crippen molar-refractivity contribution >= 4 is 11.9 Å². The standard InChI is InChI=1S/C11H20N6O2/c1-4-8(12)9-6-17(16-15-9)7(3)10(18)14-11(19)13-5-2/h6-8H,4-5,12H2,1-3H3,(H2,13,14,18,19). The SMILES string of the molecule is CCNC(=O)NC(=O)C(C)n1cc(C(N)CC)nn1. The zero-order chi connectivity index (χ0) is 14.4. The molecule has 0 aliphatic carbocycles. The molecule has 0 aliphatic rings. The highest BCUT2D eigenvalue weighted by molar-refractivity contribution is 5.95. The number of aromatic nitrogens is 3. The summed E-state index contributed by atoms with van der Waals surface area (Å²) in [6.07, 6.45) is 2.36. The van der Waals surface area contributed by atoms with Crippen LogP contribution in [0.3, 0.4) is 0 Å². The number of hydrogen-bond donors (Lipinski definition) is 3. The summed E-state index contributed by atoms with van der Waals surface area (Å²) in [4.78, 5) is 23.0. The molecule has 2 atom stereocenters. The van der Waals surface area contributed by atoms with E-state index in [4.69, 9.17) is 5.73 Å². The second kappa shape index (κ2) is 6.83. The van der Waals surface area contributed by atoms with Crippen molar-refractivity contribution in [3.05, 3.63) is 11.9 Å². The van der Waals surface area contributed by atoms with Gasteiger partial charge in [0, 0.05) is 6.54 Å². The van der Waals surface area contributed by atoms with Gasteiger partial charge in [-0.15, -0.1) is 5.10 Å². The zero-order valence-electron chi connectivity index (χ0n) is 11.4. The van der Waals surface area contributed by atoms with Gasteiger partial charge in [-0.1, -0.05) is 12.1 Å². The fourth-order valence-electron chi connectivity index (χ4n) is 1.40. The number of nitrogens with one attached hydrogen (secondary N) is 2. The molecular formula is C11H20N6O2. The Morgan fingerprint density at radius 3 is 2.74 bits per heavy atom. The molecule has 0 aromatic carbocycles. The largest absolute Gasteiger partial charge is 0.338 e. The van der Waals surface area contributed by atoms with Crippen molar-refractivity contribution in [3.8, 4) is 0 Å². The molecule has 19 heavy (non-hydrogen) atoms. The van der Waals surface area contributed by atoms with Gasteiger partial charge in [0.1, 0.15) is 6.04 Å². The molecule has 106 valence electrons. The minimum atomic E-state index is -0.632. The fraction of sp³-hybridized carbons (Fsp3) is 0.636. The van der Waals surface area contributed by atoms with Crippen LogP contribution in [0.25, 0.3) is 0 Å². The first kappa shape index (κ1) is 15.1. The Balaban J connectivity index is 2.66. The highest BCUT2D eigenvalue weighted by Gasteiger charge is 2.19. The molecule has 8 heteroatoms. The van der Waals surface area contributed by atoms with E-state index >= 15 is 0 Å². The van der Waals surface area contributed by atoms with Gasteiger partial charge in [-0.05, 0) is 20.3 Å². The Morgan fingerprint density at radius 2 is 2.16 bits per heavy atom. The number of urea groups is 1. The van der Waals surface area contributed by atoms with Gasteiger partial charge in [0.2, 0.25) is 0 Å². The molecule has 3 amide bonds. The molecule has 0 bridgehead atoms. The van der Waals surface area contributed by atoms with Gasteiger partial charge in [0.25, 0.3) is 5.91 Å². The first-order valence-corrected chi connectivity index (χ1v) is 6.25. The summed E-state index contributed by atoms with van der Waals surface area (Å²) in [5.41, 5.74) is 6.45. The highest BCUT2D eigenvalue weighted by atomic mass is 16.2. The Bertz CT molecular complexity index is 444. The van der Waals surface area contributed by atoms with E-state index in [1.54, 1.807) is 20.0 Å². The summed E-state index contributed by atoms with van der Waals surface area (Å²) >= 11 is 0. The van der Waals surface area contributed by atoms with Crippen LogP contribution in [0.1, 0.15) is 45.0 Å². The molecule has 0 saturated heterocycles. The third-order valence-electron chi connectivity index (χ3n) is 2.70. The smallest absolute Gasteiger partial charge is 0.321 e. The topological polar surface area (TPSA) is 115 Å². The quantitative estimate of drug-likeness (QED) is 0.700. The molecule has 1 aromatic heterocycles. The predicted octanol–water partition coefficient (Wildman–Crippen LogP) is 0.0946. The minimum absolute atomic E-state index is 0.201. The molecule has 0 saturated carbocycles. The van der Waals surface area contributed by atoms with Gasteiger partial charge in [-0.2, -0.15) is 0 Å². The normalized spacial score (nSPS) is 13.7. The summed E-state index contributed by atoms with van der Waals surface area (Å²) in [5, 5.41) is 12.5. The van der Waals surface area contributed by atoms with Crippen LogP contribution in [0, 0.1) is 0 Å². The van der Waals surface area contributed by atoms with E-state index in [9.17, 15) is 9.59 Å². The van der Waals surface area contributed by atoms with E-state index in [0.29, 0.717) is 12.2 Å². The number of nitrogens with zero attached hydrogens (tertiary/aromatic N) is 3. The maximum absolute atomic E-state index is 11.8. The fourth-order valence-corrected chi connectivity index (χ4v) is 1.40. The molecule has 0 spiro atoms. The minimum Gasteiger partial charge on any atom is -0.338 e. The molecule has 8 nitrogen and oxygen atoms in total. The molecule has 2 unspecified atom stereocenters. The zero-order valence-corrected chi connectivity index (χ0v) is 11.4. The van der Waals surface area contributed by atoms with Crippen LogP contribution in [0.15, 0.2) is 6.20 Å². The van der Waals surface area contributed by atoms with Crippen molar-refractivity contribution in [2.75, 3.05) is 6.54 Å². The maximum Gasteiger partial charge on any atom is 0.321 e. The summed E-state index contributed by atoms with van der Waals surface area (Å²) in [6.45, 7) is 5.79. The molecule has 0 fully saturated rings. The Hall–Kier alpha value is -1.96. The van der Waals surface area contributed by atoms with Gasteiger partial charge in [-0.3, -0.25) is 10.1 Å². The lowest BCUT2D eigenvalue weighted by Gasteiger charge is -2.11. The van der Waals surface area contributed by atoms with Gasteiger partial charge in [-0.25, -0.2) is 9.48 Å². The van der Waals surface area contributed by atoms with Crippen molar-refractivity contribution in [1.29, 1.82) is 0 Å². The monoisotopic (exact) mass is 268 g/mol. The van der Waals surface area contributed by atoms with Crippen LogP contribution in [-0.4, -0.2) is 33.5 Å². The number of carbonyl (C=O) groups is 2. The molecule has 1 aromatic rings. The number of imide groups is 1. The van der Waals surface area contributed by atoms with Gasteiger partial charge in [0.05, 0.1) is 17.9 Å². The van der Waals surface area contributed by atoms with E-state index in [1.807, 2.05) is 6.92 Å². The van der Waals surface area contributed by atoms with Gasteiger partial charge in [0.15, 0.2) is 0 Å². The van der Waals surface area contributed by atoms with Crippen LogP contribution < -0.4 is 16.4 Å². The van der Waals surface area contributed by atoms with Crippen molar-refractivity contribution in [2.24, 2.45) is 5.73 Å². The maximum atomic E-state index is 11.8. The first-order chi connectivity index (χ1) is 8.99. The lowest BCUT2D eigenvalue weighted by atomic mass is 10.2. The number of rotatable bonds is 5. The molecule has 4 N–H and O–H groups in total. The van der Waals surface area contributed by atoms with E-state index in [-0.39, 0.29) is 6.04 Å². The average molecular weight is 268 g/mol. The number of amides is 3. The second-order valence-corrected chi connectivity index (χ2v) is 4.16. The third kappa shape index (κ3) is 4.02. The molecule has 1 heterocycles. The van der Waals surface area contributed by atoms with Crippen LogP contribution in [0.2, 0.25) is 0 Å². The predicted molar refractivity (Wildman–Crippen MR) is 69.2 cm³/mol. The van der Waals surface area contributed by atoms with Crippen molar-refractivity contribution < 1.29 is 9.59 Å². The van der Waals surface area contributed by atoms with Gasteiger partial charge >= 0.3 is 6.03 Å². The molecule has 1 rings (SSSR count). The van der Waals surface area contributed by atoms with E-state index in [2.05, 4.69) is 20.9 Å². The van der Waals surface area contributed by atoms with Crippen LogP contribution in [-0.2, 0) is 4.79 Å². The lowest BCUT2D eigenvalue weighted by molar-refractivity contribution is -0.123. The van der Waals surface area contributed by atoms with Crippen molar-refractivity contribution in [3.63, 3.8) is 0 Å².